The Morgan fingerprint density at radius 3 is 2.81 bits per heavy atom. The van der Waals surface area contributed by atoms with Crippen molar-refractivity contribution in [3.63, 3.8) is 0 Å². The van der Waals surface area contributed by atoms with Gasteiger partial charge in [-0.15, -0.1) is 0 Å². The Morgan fingerprint density at radius 1 is 1.38 bits per heavy atom. The summed E-state index contributed by atoms with van der Waals surface area (Å²) in [7, 11) is 0. The van der Waals surface area contributed by atoms with Crippen molar-refractivity contribution in [1.82, 2.24) is 9.97 Å². The normalized spacial score (nSPS) is 10.0. The third kappa shape index (κ3) is 2.12. The van der Waals surface area contributed by atoms with Gasteiger partial charge in [-0.3, -0.25) is 15.1 Å². The molecule has 0 atom stereocenters. The SMILES string of the molecule is O=[N+]([O-])c1cc(-c2ccccn2)[nH]c(=S)c1. The molecule has 6 heteroatoms. The van der Waals surface area contributed by atoms with Crippen LogP contribution in [0, 0.1) is 14.8 Å². The summed E-state index contributed by atoms with van der Waals surface area (Å²) in [5.41, 5.74) is 1.13. The zero-order valence-corrected chi connectivity index (χ0v) is 8.90. The lowest BCUT2D eigenvalue weighted by Crippen LogP contribution is -1.92. The van der Waals surface area contributed by atoms with Crippen LogP contribution in [0.5, 0.6) is 0 Å². The van der Waals surface area contributed by atoms with E-state index in [0.29, 0.717) is 16.0 Å². The minimum absolute atomic E-state index is 0.0376. The summed E-state index contributed by atoms with van der Waals surface area (Å²) >= 11 is 4.92. The van der Waals surface area contributed by atoms with Crippen molar-refractivity contribution in [2.45, 2.75) is 0 Å². The van der Waals surface area contributed by atoms with E-state index < -0.39 is 4.92 Å². The van der Waals surface area contributed by atoms with E-state index in [1.165, 1.54) is 12.1 Å². The highest BCUT2D eigenvalue weighted by Crippen LogP contribution is 2.19. The summed E-state index contributed by atoms with van der Waals surface area (Å²) in [6.07, 6.45) is 1.62. The van der Waals surface area contributed by atoms with Crippen molar-refractivity contribution in [2.75, 3.05) is 0 Å². The number of H-pyrrole nitrogens is 1. The van der Waals surface area contributed by atoms with Crippen molar-refractivity contribution >= 4 is 17.9 Å². The van der Waals surface area contributed by atoms with Gasteiger partial charge in [0.25, 0.3) is 5.69 Å². The van der Waals surface area contributed by atoms with Crippen LogP contribution in [0.1, 0.15) is 0 Å². The minimum atomic E-state index is -0.476. The lowest BCUT2D eigenvalue weighted by Gasteiger charge is -2.00. The number of hydrogen-bond acceptors (Lipinski definition) is 4. The van der Waals surface area contributed by atoms with Crippen LogP contribution in [0.15, 0.2) is 36.5 Å². The maximum atomic E-state index is 10.7. The number of nitrogens with one attached hydrogen (secondary N) is 1. The van der Waals surface area contributed by atoms with Gasteiger partial charge in [0.15, 0.2) is 0 Å². The fourth-order valence-corrected chi connectivity index (χ4v) is 1.52. The largest absolute Gasteiger partial charge is 0.344 e. The summed E-state index contributed by atoms with van der Waals surface area (Å²) in [6, 6.07) is 8.05. The first-order valence-electron chi connectivity index (χ1n) is 4.47. The highest BCUT2D eigenvalue weighted by molar-refractivity contribution is 7.71. The second-order valence-corrected chi connectivity index (χ2v) is 3.53. The first-order valence-corrected chi connectivity index (χ1v) is 4.88. The number of aromatic nitrogens is 2. The Kier molecular flexibility index (Phi) is 2.74. The van der Waals surface area contributed by atoms with E-state index in [4.69, 9.17) is 12.2 Å². The Bertz CT molecular complexity index is 580. The van der Waals surface area contributed by atoms with Gasteiger partial charge in [-0.2, -0.15) is 0 Å². The van der Waals surface area contributed by atoms with Crippen LogP contribution in [0.4, 0.5) is 5.69 Å². The molecule has 0 aliphatic carbocycles. The van der Waals surface area contributed by atoms with Gasteiger partial charge in [0.1, 0.15) is 4.64 Å². The Labute approximate surface area is 95.9 Å². The van der Waals surface area contributed by atoms with Gasteiger partial charge in [-0.25, -0.2) is 0 Å². The fraction of sp³-hybridized carbons (Fsp3) is 0. The molecule has 0 spiro atoms. The summed E-state index contributed by atoms with van der Waals surface area (Å²) in [5.74, 6) is 0. The third-order valence-electron chi connectivity index (χ3n) is 1.98. The highest BCUT2D eigenvalue weighted by Gasteiger charge is 2.08. The van der Waals surface area contributed by atoms with Crippen LogP contribution >= 0.6 is 12.2 Å². The molecule has 1 N–H and O–H groups in total. The topological polar surface area (TPSA) is 71.8 Å². The highest BCUT2D eigenvalue weighted by atomic mass is 32.1. The van der Waals surface area contributed by atoms with Crippen molar-refractivity contribution in [2.24, 2.45) is 0 Å². The van der Waals surface area contributed by atoms with E-state index in [1.807, 2.05) is 0 Å². The zero-order valence-electron chi connectivity index (χ0n) is 8.08. The van der Waals surface area contributed by atoms with E-state index in [-0.39, 0.29) is 5.69 Å². The molecule has 0 saturated heterocycles. The molecular formula is C10H7N3O2S. The van der Waals surface area contributed by atoms with Crippen LogP contribution < -0.4 is 0 Å². The van der Waals surface area contributed by atoms with Crippen LogP contribution in [-0.2, 0) is 0 Å². The van der Waals surface area contributed by atoms with Gasteiger partial charge in [0.2, 0.25) is 0 Å². The Morgan fingerprint density at radius 2 is 2.19 bits per heavy atom. The summed E-state index contributed by atoms with van der Waals surface area (Å²) in [5, 5.41) is 10.7. The first kappa shape index (κ1) is 10.4. The summed E-state index contributed by atoms with van der Waals surface area (Å²) < 4.78 is 0.315. The molecule has 0 radical (unpaired) electrons. The molecule has 2 aromatic rings. The van der Waals surface area contributed by atoms with Gasteiger partial charge >= 0.3 is 0 Å². The molecule has 0 aromatic carbocycles. The van der Waals surface area contributed by atoms with Gasteiger partial charge in [-0.1, -0.05) is 18.3 Å². The maximum absolute atomic E-state index is 10.7. The van der Waals surface area contributed by atoms with Crippen molar-refractivity contribution < 1.29 is 4.92 Å². The average molecular weight is 233 g/mol. The van der Waals surface area contributed by atoms with Crippen molar-refractivity contribution in [1.29, 1.82) is 0 Å². The monoisotopic (exact) mass is 233 g/mol. The minimum Gasteiger partial charge on any atom is -0.344 e. The molecule has 5 nitrogen and oxygen atoms in total. The number of aromatic amines is 1. The molecule has 0 bridgehead atoms. The fourth-order valence-electron chi connectivity index (χ4n) is 1.29. The predicted molar refractivity (Wildman–Crippen MR) is 61.5 cm³/mol. The maximum Gasteiger partial charge on any atom is 0.274 e. The van der Waals surface area contributed by atoms with E-state index >= 15 is 0 Å². The molecule has 0 fully saturated rings. The second kappa shape index (κ2) is 4.19. The molecule has 16 heavy (non-hydrogen) atoms. The molecule has 0 saturated carbocycles. The average Bonchev–Trinajstić information content (AvgIpc) is 2.29. The smallest absolute Gasteiger partial charge is 0.274 e. The molecular weight excluding hydrogens is 226 g/mol. The lowest BCUT2D eigenvalue weighted by atomic mass is 10.2. The number of pyridine rings is 2. The van der Waals surface area contributed by atoms with E-state index in [0.717, 1.165) is 0 Å². The molecule has 2 heterocycles. The first-order chi connectivity index (χ1) is 7.66. The number of nitrogens with zero attached hydrogens (tertiary/aromatic N) is 2. The van der Waals surface area contributed by atoms with Gasteiger partial charge < -0.3 is 4.98 Å². The molecule has 0 aliphatic rings. The molecule has 0 aliphatic heterocycles. The van der Waals surface area contributed by atoms with Gasteiger partial charge in [0, 0.05) is 12.3 Å². The van der Waals surface area contributed by atoms with Crippen LogP contribution in [0.25, 0.3) is 11.4 Å². The molecule has 80 valence electrons. The number of nitro groups is 1. The second-order valence-electron chi connectivity index (χ2n) is 3.09. The van der Waals surface area contributed by atoms with Crippen molar-refractivity contribution in [3.05, 3.63) is 51.3 Å². The Hall–Kier alpha value is -2.08. The third-order valence-corrected chi connectivity index (χ3v) is 2.20. The zero-order chi connectivity index (χ0) is 11.5. The summed E-state index contributed by atoms with van der Waals surface area (Å²) in [6.45, 7) is 0. The van der Waals surface area contributed by atoms with E-state index in [2.05, 4.69) is 9.97 Å². The molecule has 0 unspecified atom stereocenters. The Balaban J connectivity index is 2.58. The molecule has 2 rings (SSSR count). The standard InChI is InChI=1S/C10H7N3O2S/c14-13(15)7-5-9(12-10(16)6-7)8-3-1-2-4-11-8/h1-6H,(H,12,16). The summed E-state index contributed by atoms with van der Waals surface area (Å²) in [4.78, 5) is 17.1. The number of hydrogen-bond donors (Lipinski definition) is 1. The van der Waals surface area contributed by atoms with E-state index in [1.54, 1.807) is 24.4 Å². The van der Waals surface area contributed by atoms with Crippen LogP contribution in [-0.4, -0.2) is 14.9 Å². The number of rotatable bonds is 2. The lowest BCUT2D eigenvalue weighted by molar-refractivity contribution is -0.384. The van der Waals surface area contributed by atoms with Gasteiger partial charge in [-0.05, 0) is 12.1 Å². The molecule has 2 aromatic heterocycles. The van der Waals surface area contributed by atoms with Gasteiger partial charge in [0.05, 0.1) is 22.4 Å². The van der Waals surface area contributed by atoms with Crippen LogP contribution in [0.2, 0.25) is 0 Å². The molecule has 0 amide bonds. The van der Waals surface area contributed by atoms with Crippen LogP contribution in [0.3, 0.4) is 0 Å². The quantitative estimate of drug-likeness (QED) is 0.491. The van der Waals surface area contributed by atoms with Crippen molar-refractivity contribution in [3.8, 4) is 11.4 Å². The predicted octanol–water partition coefficient (Wildman–Crippen LogP) is 2.71. The van der Waals surface area contributed by atoms with E-state index in [9.17, 15) is 10.1 Å².